The molecule has 12 heteroatoms. The number of aryl methyl sites for hydroxylation is 1. The molecular weight excluding hydrogens is 570 g/mol. The van der Waals surface area contributed by atoms with Gasteiger partial charge in [0.05, 0.1) is 11.2 Å². The summed E-state index contributed by atoms with van der Waals surface area (Å²) in [5.74, 6) is 0.0415. The number of pyridine rings is 1. The molecule has 0 saturated heterocycles. The summed E-state index contributed by atoms with van der Waals surface area (Å²) >= 11 is 1.38. The Morgan fingerprint density at radius 2 is 1.98 bits per heavy atom. The Balaban J connectivity index is 1.46. The second-order valence-corrected chi connectivity index (χ2v) is 19.1. The topological polar surface area (TPSA) is 103 Å². The van der Waals surface area contributed by atoms with E-state index in [1.54, 1.807) is 4.68 Å². The number of anilines is 2. The molecule has 0 radical (unpaired) electrons. The molecule has 1 aliphatic carbocycles. The Hall–Kier alpha value is -3.06. The van der Waals surface area contributed by atoms with E-state index in [9.17, 15) is 9.50 Å². The predicted octanol–water partition coefficient (Wildman–Crippen LogP) is 6.49. The van der Waals surface area contributed by atoms with Gasteiger partial charge in [-0.25, -0.2) is 9.67 Å². The zero-order valence-electron chi connectivity index (χ0n) is 25.0. The molecule has 0 aliphatic heterocycles. The molecule has 224 valence electrons. The minimum atomic E-state index is -1.25. The third-order valence-corrected chi connectivity index (χ3v) is 10.0. The fourth-order valence-electron chi connectivity index (χ4n) is 4.99. The summed E-state index contributed by atoms with van der Waals surface area (Å²) in [6.45, 7) is 12.1. The summed E-state index contributed by atoms with van der Waals surface area (Å²) in [7, 11) is -1.25. The van der Waals surface area contributed by atoms with Crippen LogP contribution in [0.15, 0.2) is 52.9 Å². The molecule has 3 aromatic heterocycles. The van der Waals surface area contributed by atoms with Crippen molar-refractivity contribution in [1.82, 2.24) is 29.5 Å². The lowest BCUT2D eigenvalue weighted by Gasteiger charge is -2.24. The van der Waals surface area contributed by atoms with Gasteiger partial charge < -0.3 is 15.2 Å². The van der Waals surface area contributed by atoms with Gasteiger partial charge in [0.25, 0.3) is 0 Å². The van der Waals surface area contributed by atoms with E-state index >= 15 is 0 Å². The summed E-state index contributed by atoms with van der Waals surface area (Å²) < 4.78 is 23.8. The number of aliphatic hydroxyl groups excluding tert-OH is 1. The maximum absolute atomic E-state index is 14.1. The second kappa shape index (κ2) is 12.7. The number of halogens is 1. The van der Waals surface area contributed by atoms with Gasteiger partial charge in [0.1, 0.15) is 11.8 Å². The summed E-state index contributed by atoms with van der Waals surface area (Å²) in [6, 6.07) is 10.5. The van der Waals surface area contributed by atoms with Crippen molar-refractivity contribution in [1.29, 1.82) is 0 Å². The minimum absolute atomic E-state index is 0.0886. The van der Waals surface area contributed by atoms with Gasteiger partial charge in [-0.3, -0.25) is 4.68 Å². The summed E-state index contributed by atoms with van der Waals surface area (Å²) in [5.41, 5.74) is 4.76. The number of ether oxygens (including phenoxy) is 1. The van der Waals surface area contributed by atoms with Crippen LogP contribution >= 0.6 is 11.8 Å². The smallest absolute Gasteiger partial charge is 0.228 e. The van der Waals surface area contributed by atoms with Gasteiger partial charge in [-0.1, -0.05) is 31.8 Å². The molecule has 4 aromatic rings. The Morgan fingerprint density at radius 3 is 2.74 bits per heavy atom. The predicted molar refractivity (Wildman–Crippen MR) is 166 cm³/mol. The number of benzene rings is 1. The lowest BCUT2D eigenvalue weighted by molar-refractivity contribution is 0.0792. The van der Waals surface area contributed by atoms with Gasteiger partial charge in [0.2, 0.25) is 17.1 Å². The zero-order chi connectivity index (χ0) is 29.9. The summed E-state index contributed by atoms with van der Waals surface area (Å²) in [6.07, 6.45) is 7.02. The van der Waals surface area contributed by atoms with E-state index in [1.807, 2.05) is 42.9 Å². The SMILES string of the molecule is CC(C)(CCO)n1ccc(Sc2nc(Nc3c(-c4ccnc(F)c4)ccc4c3CCC4)n(COCC[Si](C)(C)C)n2)n1. The fraction of sp³-hybridized carbons (Fsp3) is 0.467. The van der Waals surface area contributed by atoms with Crippen LogP contribution in [0.3, 0.4) is 0 Å². The summed E-state index contributed by atoms with van der Waals surface area (Å²) in [5, 5.41) is 23.8. The molecule has 0 spiro atoms. The molecule has 1 aliphatic rings. The van der Waals surface area contributed by atoms with Crippen LogP contribution in [-0.2, 0) is 29.8 Å². The number of nitrogens with zero attached hydrogens (tertiary/aromatic N) is 6. The largest absolute Gasteiger partial charge is 0.396 e. The number of hydrogen-bond donors (Lipinski definition) is 2. The van der Waals surface area contributed by atoms with Crippen molar-refractivity contribution >= 4 is 31.5 Å². The maximum atomic E-state index is 14.1. The van der Waals surface area contributed by atoms with Crippen molar-refractivity contribution < 1.29 is 14.2 Å². The van der Waals surface area contributed by atoms with Gasteiger partial charge in [0.15, 0.2) is 0 Å². The molecule has 0 fully saturated rings. The molecule has 9 nitrogen and oxygen atoms in total. The Morgan fingerprint density at radius 1 is 1.14 bits per heavy atom. The van der Waals surface area contributed by atoms with Crippen LogP contribution in [0.4, 0.5) is 16.0 Å². The molecule has 0 amide bonds. The third kappa shape index (κ3) is 7.28. The average Bonchev–Trinajstić information content (AvgIpc) is 3.67. The number of aromatic nitrogens is 6. The van der Waals surface area contributed by atoms with E-state index in [0.29, 0.717) is 24.1 Å². The van der Waals surface area contributed by atoms with E-state index in [0.717, 1.165) is 47.1 Å². The monoisotopic (exact) mass is 609 g/mol. The van der Waals surface area contributed by atoms with Crippen molar-refractivity contribution in [2.24, 2.45) is 0 Å². The minimum Gasteiger partial charge on any atom is -0.396 e. The lowest BCUT2D eigenvalue weighted by atomic mass is 9.98. The normalized spacial score (nSPS) is 13.5. The van der Waals surface area contributed by atoms with E-state index < -0.39 is 14.0 Å². The van der Waals surface area contributed by atoms with Gasteiger partial charge in [-0.2, -0.15) is 14.5 Å². The fourth-order valence-corrected chi connectivity index (χ4v) is 6.46. The molecule has 5 rings (SSSR count). The second-order valence-electron chi connectivity index (χ2n) is 12.5. The van der Waals surface area contributed by atoms with Crippen molar-refractivity contribution in [2.75, 3.05) is 18.5 Å². The highest BCUT2D eigenvalue weighted by molar-refractivity contribution is 7.99. The Labute approximate surface area is 251 Å². The van der Waals surface area contributed by atoms with Gasteiger partial charge in [0, 0.05) is 45.3 Å². The molecular formula is C30H40FN7O2SSi. The van der Waals surface area contributed by atoms with Gasteiger partial charge in [-0.05, 0) is 86.2 Å². The number of aliphatic hydroxyl groups is 1. The first-order chi connectivity index (χ1) is 20.0. The first-order valence-corrected chi connectivity index (χ1v) is 19.0. The molecule has 1 aromatic carbocycles. The van der Waals surface area contributed by atoms with E-state index in [4.69, 9.17) is 19.9 Å². The van der Waals surface area contributed by atoms with E-state index in [-0.39, 0.29) is 18.9 Å². The molecule has 0 unspecified atom stereocenters. The van der Waals surface area contributed by atoms with Crippen LogP contribution in [-0.4, -0.2) is 55.9 Å². The van der Waals surface area contributed by atoms with Crippen LogP contribution in [0.1, 0.15) is 37.8 Å². The van der Waals surface area contributed by atoms with Crippen LogP contribution < -0.4 is 5.32 Å². The zero-order valence-corrected chi connectivity index (χ0v) is 26.8. The number of fused-ring (bicyclic) bond motifs is 1. The first kappa shape index (κ1) is 30.4. The van der Waals surface area contributed by atoms with E-state index in [1.165, 1.54) is 35.2 Å². The molecule has 42 heavy (non-hydrogen) atoms. The Kier molecular flexibility index (Phi) is 9.16. The summed E-state index contributed by atoms with van der Waals surface area (Å²) in [4.78, 5) is 8.62. The average molecular weight is 610 g/mol. The molecule has 0 bridgehead atoms. The Bertz CT molecular complexity index is 1530. The van der Waals surface area contributed by atoms with Crippen LogP contribution in [0, 0.1) is 5.95 Å². The molecule has 0 atom stereocenters. The molecule has 3 heterocycles. The number of nitrogens with one attached hydrogen (secondary N) is 1. The molecule has 0 saturated carbocycles. The van der Waals surface area contributed by atoms with Crippen LogP contribution in [0.5, 0.6) is 0 Å². The number of rotatable bonds is 13. The standard InChI is InChI=1S/C30H40FN7O2SSi/c1-30(2,13-16-39)38-15-12-26(35-38)41-29-34-28(37(36-29)20-40-17-18-42(3,4)5)33-27-23-8-6-7-21(23)9-10-24(27)22-11-14-32-25(31)19-22/h9-12,14-15,19,39H,6-8,13,16-18,20H2,1-5H3,(H,33,34,36). The van der Waals surface area contributed by atoms with Crippen molar-refractivity contribution in [3.8, 4) is 11.1 Å². The lowest BCUT2D eigenvalue weighted by Crippen LogP contribution is -2.28. The highest BCUT2D eigenvalue weighted by Gasteiger charge is 2.24. The first-order valence-electron chi connectivity index (χ1n) is 14.4. The van der Waals surface area contributed by atoms with Gasteiger partial charge in [-0.15, -0.1) is 5.10 Å². The van der Waals surface area contributed by atoms with Gasteiger partial charge >= 0.3 is 0 Å². The van der Waals surface area contributed by atoms with Crippen molar-refractivity contribution in [2.45, 2.75) is 87.7 Å². The third-order valence-electron chi connectivity index (χ3n) is 7.52. The van der Waals surface area contributed by atoms with E-state index in [2.05, 4.69) is 36.0 Å². The quantitative estimate of drug-likeness (QED) is 0.101. The van der Waals surface area contributed by atoms with Crippen LogP contribution in [0.2, 0.25) is 25.7 Å². The van der Waals surface area contributed by atoms with Crippen LogP contribution in [0.25, 0.3) is 11.1 Å². The molecule has 2 N–H and O–H groups in total. The highest BCUT2D eigenvalue weighted by atomic mass is 32.2. The highest BCUT2D eigenvalue weighted by Crippen LogP contribution is 2.39. The van der Waals surface area contributed by atoms with Crippen molar-refractivity contribution in [3.63, 3.8) is 0 Å². The van der Waals surface area contributed by atoms with Crippen molar-refractivity contribution in [3.05, 3.63) is 59.8 Å². The number of hydrogen-bond acceptors (Lipinski definition) is 8. The maximum Gasteiger partial charge on any atom is 0.228 e.